The summed E-state index contributed by atoms with van der Waals surface area (Å²) in [6.45, 7) is 4.75. The van der Waals surface area contributed by atoms with E-state index >= 15 is 0 Å². The standard InChI is InChI=1S/C12H22N2O2S2/c1-10(2)12(11-6-5-8-17-11)13-7-9-18(15,16)14(3)4/h5-6,8,10,12-13H,7,9H2,1-4H3. The van der Waals surface area contributed by atoms with Crippen molar-refractivity contribution in [3.63, 3.8) is 0 Å². The molecule has 1 aromatic rings. The lowest BCUT2D eigenvalue weighted by molar-refractivity contribution is 0.425. The van der Waals surface area contributed by atoms with Crippen LogP contribution in [0.25, 0.3) is 0 Å². The zero-order valence-corrected chi connectivity index (χ0v) is 13.0. The van der Waals surface area contributed by atoms with Gasteiger partial charge < -0.3 is 5.32 Å². The van der Waals surface area contributed by atoms with Crippen LogP contribution < -0.4 is 5.32 Å². The topological polar surface area (TPSA) is 49.4 Å². The second kappa shape index (κ2) is 6.65. The number of thiophene rings is 1. The van der Waals surface area contributed by atoms with E-state index in [1.165, 1.54) is 9.18 Å². The molecule has 0 aliphatic heterocycles. The maximum Gasteiger partial charge on any atom is 0.214 e. The molecule has 1 N–H and O–H groups in total. The Labute approximate surface area is 114 Å². The fourth-order valence-electron chi connectivity index (χ4n) is 1.66. The number of nitrogens with one attached hydrogen (secondary N) is 1. The third-order valence-electron chi connectivity index (χ3n) is 2.80. The number of rotatable bonds is 7. The highest BCUT2D eigenvalue weighted by atomic mass is 32.2. The predicted octanol–water partition coefficient (Wildman–Crippen LogP) is 1.93. The molecular weight excluding hydrogens is 268 g/mol. The zero-order valence-electron chi connectivity index (χ0n) is 11.4. The summed E-state index contributed by atoms with van der Waals surface area (Å²) in [5.41, 5.74) is 0. The Morgan fingerprint density at radius 1 is 1.39 bits per heavy atom. The summed E-state index contributed by atoms with van der Waals surface area (Å²) < 4.78 is 24.6. The van der Waals surface area contributed by atoms with Gasteiger partial charge in [-0.2, -0.15) is 0 Å². The Balaban J connectivity index is 2.55. The molecule has 1 aromatic heterocycles. The van der Waals surface area contributed by atoms with E-state index in [0.29, 0.717) is 12.5 Å². The van der Waals surface area contributed by atoms with Gasteiger partial charge in [0.25, 0.3) is 0 Å². The molecule has 18 heavy (non-hydrogen) atoms. The molecule has 0 aliphatic rings. The van der Waals surface area contributed by atoms with E-state index in [1.54, 1.807) is 25.4 Å². The van der Waals surface area contributed by atoms with E-state index < -0.39 is 10.0 Å². The minimum absolute atomic E-state index is 0.134. The second-order valence-electron chi connectivity index (χ2n) is 4.79. The van der Waals surface area contributed by atoms with Gasteiger partial charge in [0.15, 0.2) is 0 Å². The van der Waals surface area contributed by atoms with Crippen molar-refractivity contribution in [2.75, 3.05) is 26.4 Å². The molecule has 0 fully saturated rings. The van der Waals surface area contributed by atoms with E-state index in [2.05, 4.69) is 25.2 Å². The molecule has 0 amide bonds. The Morgan fingerprint density at radius 2 is 2.06 bits per heavy atom. The van der Waals surface area contributed by atoms with E-state index in [0.717, 1.165) is 0 Å². The highest BCUT2D eigenvalue weighted by Gasteiger charge is 2.18. The van der Waals surface area contributed by atoms with Crippen molar-refractivity contribution in [2.45, 2.75) is 19.9 Å². The Bertz CT molecular complexity index is 439. The first-order valence-corrected chi connectivity index (χ1v) is 8.50. The maximum atomic E-state index is 11.7. The van der Waals surface area contributed by atoms with E-state index in [-0.39, 0.29) is 11.8 Å². The Morgan fingerprint density at radius 3 is 2.50 bits per heavy atom. The molecule has 6 heteroatoms. The lowest BCUT2D eigenvalue weighted by Crippen LogP contribution is -2.34. The summed E-state index contributed by atoms with van der Waals surface area (Å²) in [6.07, 6.45) is 0. The number of hydrogen-bond acceptors (Lipinski definition) is 4. The van der Waals surface area contributed by atoms with Crippen LogP contribution in [0.4, 0.5) is 0 Å². The highest BCUT2D eigenvalue weighted by Crippen LogP contribution is 2.25. The number of hydrogen-bond donors (Lipinski definition) is 1. The van der Waals surface area contributed by atoms with Crippen LogP contribution in [-0.4, -0.2) is 39.1 Å². The Hall–Kier alpha value is -0.430. The van der Waals surface area contributed by atoms with Crippen LogP contribution in [0.5, 0.6) is 0 Å². The summed E-state index contributed by atoms with van der Waals surface area (Å²) in [7, 11) is 0.0139. The van der Waals surface area contributed by atoms with Gasteiger partial charge in [0.1, 0.15) is 0 Å². The molecule has 0 spiro atoms. The van der Waals surface area contributed by atoms with E-state index in [9.17, 15) is 8.42 Å². The van der Waals surface area contributed by atoms with Crippen molar-refractivity contribution in [1.29, 1.82) is 0 Å². The summed E-state index contributed by atoms with van der Waals surface area (Å²) in [5, 5.41) is 5.38. The zero-order chi connectivity index (χ0) is 13.8. The van der Waals surface area contributed by atoms with Crippen LogP contribution in [0.1, 0.15) is 24.8 Å². The van der Waals surface area contributed by atoms with Crippen molar-refractivity contribution in [3.8, 4) is 0 Å². The first-order chi connectivity index (χ1) is 8.34. The minimum Gasteiger partial charge on any atom is -0.308 e. The van der Waals surface area contributed by atoms with Gasteiger partial charge in [-0.05, 0) is 17.4 Å². The number of sulfonamides is 1. The van der Waals surface area contributed by atoms with Gasteiger partial charge in [0.05, 0.1) is 5.75 Å². The largest absolute Gasteiger partial charge is 0.308 e. The van der Waals surface area contributed by atoms with Gasteiger partial charge >= 0.3 is 0 Å². The van der Waals surface area contributed by atoms with Crippen LogP contribution in [0.3, 0.4) is 0 Å². The van der Waals surface area contributed by atoms with Crippen LogP contribution in [0.2, 0.25) is 0 Å². The quantitative estimate of drug-likeness (QED) is 0.835. The molecule has 1 heterocycles. The molecule has 0 aromatic carbocycles. The van der Waals surface area contributed by atoms with Gasteiger partial charge in [0.2, 0.25) is 10.0 Å². The molecule has 0 radical (unpaired) electrons. The monoisotopic (exact) mass is 290 g/mol. The second-order valence-corrected chi connectivity index (χ2v) is 8.07. The van der Waals surface area contributed by atoms with Crippen molar-refractivity contribution in [3.05, 3.63) is 22.4 Å². The normalized spacial score (nSPS) is 14.3. The molecule has 0 aliphatic carbocycles. The SMILES string of the molecule is CC(C)C(NCCS(=O)(=O)N(C)C)c1cccs1. The highest BCUT2D eigenvalue weighted by molar-refractivity contribution is 7.89. The summed E-state index contributed by atoms with van der Waals surface area (Å²) in [5.74, 6) is 0.569. The predicted molar refractivity (Wildman–Crippen MR) is 77.4 cm³/mol. The smallest absolute Gasteiger partial charge is 0.214 e. The summed E-state index contributed by atoms with van der Waals surface area (Å²) in [6, 6.07) is 4.33. The summed E-state index contributed by atoms with van der Waals surface area (Å²) >= 11 is 1.70. The minimum atomic E-state index is -3.11. The Kier molecular flexibility index (Phi) is 5.78. The van der Waals surface area contributed by atoms with Crippen LogP contribution >= 0.6 is 11.3 Å². The first kappa shape index (κ1) is 15.6. The molecule has 104 valence electrons. The molecule has 0 saturated carbocycles. The maximum absolute atomic E-state index is 11.7. The van der Waals surface area contributed by atoms with Gasteiger partial charge in [-0.3, -0.25) is 0 Å². The van der Waals surface area contributed by atoms with Crippen LogP contribution in [0, 0.1) is 5.92 Å². The van der Waals surface area contributed by atoms with Gasteiger partial charge in [-0.25, -0.2) is 12.7 Å². The molecule has 1 atom stereocenters. The third kappa shape index (κ3) is 4.35. The van der Waals surface area contributed by atoms with Gasteiger partial charge in [-0.15, -0.1) is 11.3 Å². The van der Waals surface area contributed by atoms with Crippen molar-refractivity contribution in [1.82, 2.24) is 9.62 Å². The lowest BCUT2D eigenvalue weighted by Gasteiger charge is -2.21. The van der Waals surface area contributed by atoms with Crippen LogP contribution in [0.15, 0.2) is 17.5 Å². The average molecular weight is 290 g/mol. The van der Waals surface area contributed by atoms with Crippen molar-refractivity contribution in [2.24, 2.45) is 5.92 Å². The van der Waals surface area contributed by atoms with E-state index in [1.807, 2.05) is 11.4 Å². The van der Waals surface area contributed by atoms with Crippen LogP contribution in [-0.2, 0) is 10.0 Å². The molecule has 1 unspecified atom stereocenters. The average Bonchev–Trinajstić information content (AvgIpc) is 2.76. The van der Waals surface area contributed by atoms with Gasteiger partial charge in [0, 0.05) is 31.6 Å². The summed E-state index contributed by atoms with van der Waals surface area (Å²) in [4.78, 5) is 1.26. The molecule has 4 nitrogen and oxygen atoms in total. The molecular formula is C12H22N2O2S2. The van der Waals surface area contributed by atoms with Crippen molar-refractivity contribution >= 4 is 21.4 Å². The number of nitrogens with zero attached hydrogens (tertiary/aromatic N) is 1. The lowest BCUT2D eigenvalue weighted by atomic mass is 10.0. The van der Waals surface area contributed by atoms with Crippen molar-refractivity contribution < 1.29 is 8.42 Å². The van der Waals surface area contributed by atoms with Gasteiger partial charge in [-0.1, -0.05) is 19.9 Å². The first-order valence-electron chi connectivity index (χ1n) is 6.01. The fourth-order valence-corrected chi connectivity index (χ4v) is 3.37. The van der Waals surface area contributed by atoms with E-state index in [4.69, 9.17) is 0 Å². The molecule has 0 bridgehead atoms. The molecule has 1 rings (SSSR count). The molecule has 0 saturated heterocycles. The third-order valence-corrected chi connectivity index (χ3v) is 5.59. The fraction of sp³-hybridized carbons (Fsp3) is 0.667.